The van der Waals surface area contributed by atoms with Gasteiger partial charge in [0.05, 0.1) is 13.1 Å². The Hall–Kier alpha value is -3.83. The predicted molar refractivity (Wildman–Crippen MR) is 141 cm³/mol. The normalized spacial score (nSPS) is 12.9. The van der Waals surface area contributed by atoms with E-state index in [1.807, 2.05) is 37.1 Å². The van der Waals surface area contributed by atoms with Crippen molar-refractivity contribution in [2.45, 2.75) is 33.9 Å². The lowest BCUT2D eigenvalue weighted by molar-refractivity contribution is -0.145. The highest BCUT2D eigenvalue weighted by Crippen LogP contribution is 2.28. The number of carbonyl (C=O) groups excluding carboxylic acids is 2. The number of aryl methyl sites for hydroxylation is 2. The molecule has 0 bridgehead atoms. The van der Waals surface area contributed by atoms with Crippen LogP contribution in [-0.4, -0.2) is 71.7 Å². The third kappa shape index (κ3) is 6.53. The summed E-state index contributed by atoms with van der Waals surface area (Å²) in [5.74, 6) is 0.197. The van der Waals surface area contributed by atoms with Gasteiger partial charge in [0.15, 0.2) is 5.82 Å². The van der Waals surface area contributed by atoms with Gasteiger partial charge in [0, 0.05) is 44.5 Å². The molecule has 0 spiro atoms. The molecule has 2 heterocycles. The standard InChI is InChI=1S/C27H34FN7O3/c1-5-29-10-11-30-25(36)16-34(24-13-20(7-6-18(24)2)27-31-19(3)32-38-27)17-26(37)33(4)35-14-21-8-9-23(28)12-22(21)15-35/h6-9,12-13,29H,5,10-11,14-17H2,1-4H3,(H,30,36). The van der Waals surface area contributed by atoms with Gasteiger partial charge < -0.3 is 20.1 Å². The number of hydrogen-bond donors (Lipinski definition) is 2. The van der Waals surface area contributed by atoms with Crippen molar-refractivity contribution < 1.29 is 18.5 Å². The zero-order valence-electron chi connectivity index (χ0n) is 22.3. The van der Waals surface area contributed by atoms with Crippen LogP contribution in [0.4, 0.5) is 10.1 Å². The molecule has 2 N–H and O–H groups in total. The maximum Gasteiger partial charge on any atom is 0.257 e. The first-order chi connectivity index (χ1) is 18.2. The summed E-state index contributed by atoms with van der Waals surface area (Å²) in [6, 6.07) is 10.3. The van der Waals surface area contributed by atoms with Crippen molar-refractivity contribution in [3.05, 3.63) is 64.7 Å². The van der Waals surface area contributed by atoms with Crippen molar-refractivity contribution >= 4 is 17.5 Å². The van der Waals surface area contributed by atoms with Gasteiger partial charge in [-0.1, -0.05) is 24.2 Å². The Morgan fingerprint density at radius 3 is 2.61 bits per heavy atom. The molecule has 0 unspecified atom stereocenters. The number of hydrazine groups is 1. The minimum Gasteiger partial charge on any atom is -0.353 e. The van der Waals surface area contributed by atoms with E-state index in [0.29, 0.717) is 49.1 Å². The number of aromatic nitrogens is 2. The zero-order valence-corrected chi connectivity index (χ0v) is 22.3. The van der Waals surface area contributed by atoms with Crippen molar-refractivity contribution in [1.82, 2.24) is 30.8 Å². The Morgan fingerprint density at radius 1 is 1.08 bits per heavy atom. The van der Waals surface area contributed by atoms with E-state index in [-0.39, 0.29) is 30.7 Å². The van der Waals surface area contributed by atoms with Gasteiger partial charge in [-0.15, -0.1) is 0 Å². The van der Waals surface area contributed by atoms with E-state index < -0.39 is 0 Å². The van der Waals surface area contributed by atoms with Gasteiger partial charge in [-0.2, -0.15) is 4.98 Å². The number of nitrogens with zero attached hydrogens (tertiary/aromatic N) is 5. The molecule has 38 heavy (non-hydrogen) atoms. The largest absolute Gasteiger partial charge is 0.353 e. The lowest BCUT2D eigenvalue weighted by Crippen LogP contribution is -2.48. The molecule has 3 aromatic rings. The third-order valence-corrected chi connectivity index (χ3v) is 6.52. The van der Waals surface area contributed by atoms with Gasteiger partial charge in [-0.05, 0) is 61.3 Å². The summed E-state index contributed by atoms with van der Waals surface area (Å²) in [4.78, 5) is 32.4. The van der Waals surface area contributed by atoms with Crippen LogP contribution < -0.4 is 15.5 Å². The highest BCUT2D eigenvalue weighted by atomic mass is 19.1. The molecular weight excluding hydrogens is 489 g/mol. The summed E-state index contributed by atoms with van der Waals surface area (Å²) in [5, 5.41) is 13.4. The Morgan fingerprint density at radius 2 is 1.87 bits per heavy atom. The molecule has 1 aromatic heterocycles. The number of fused-ring (bicyclic) bond motifs is 1. The lowest BCUT2D eigenvalue weighted by Gasteiger charge is -2.32. The van der Waals surface area contributed by atoms with Gasteiger partial charge in [-0.25, -0.2) is 9.40 Å². The van der Waals surface area contributed by atoms with Crippen LogP contribution in [-0.2, 0) is 22.7 Å². The molecule has 1 aliphatic rings. The number of rotatable bonds is 11. The molecule has 0 atom stereocenters. The molecule has 0 aliphatic carbocycles. The van der Waals surface area contributed by atoms with Crippen LogP contribution in [0.1, 0.15) is 29.4 Å². The minimum absolute atomic E-state index is 0.00963. The lowest BCUT2D eigenvalue weighted by atomic mass is 10.1. The first-order valence-electron chi connectivity index (χ1n) is 12.7. The zero-order chi connectivity index (χ0) is 27.2. The molecule has 10 nitrogen and oxygen atoms in total. The fourth-order valence-corrected chi connectivity index (χ4v) is 4.40. The summed E-state index contributed by atoms with van der Waals surface area (Å²) in [6.07, 6.45) is 0. The van der Waals surface area contributed by atoms with Crippen LogP contribution >= 0.6 is 0 Å². The highest BCUT2D eigenvalue weighted by Gasteiger charge is 2.27. The first kappa shape index (κ1) is 27.2. The van der Waals surface area contributed by atoms with Gasteiger partial charge in [0.2, 0.25) is 5.91 Å². The second-order valence-electron chi connectivity index (χ2n) is 9.36. The predicted octanol–water partition coefficient (Wildman–Crippen LogP) is 2.41. The van der Waals surface area contributed by atoms with E-state index >= 15 is 0 Å². The molecule has 4 rings (SSSR count). The van der Waals surface area contributed by atoms with Crippen LogP contribution in [0.3, 0.4) is 0 Å². The monoisotopic (exact) mass is 523 g/mol. The van der Waals surface area contributed by atoms with Gasteiger partial charge in [-0.3, -0.25) is 14.6 Å². The topological polar surface area (TPSA) is 107 Å². The number of nitrogens with one attached hydrogen (secondary N) is 2. The van der Waals surface area contributed by atoms with Crippen molar-refractivity contribution in [2.75, 3.05) is 44.7 Å². The van der Waals surface area contributed by atoms with Crippen LogP contribution in [0, 0.1) is 19.7 Å². The summed E-state index contributed by atoms with van der Waals surface area (Å²) < 4.78 is 19.0. The minimum atomic E-state index is -0.294. The number of benzene rings is 2. The van der Waals surface area contributed by atoms with E-state index in [4.69, 9.17) is 4.52 Å². The number of amides is 2. The average molecular weight is 524 g/mol. The molecule has 202 valence electrons. The first-order valence-corrected chi connectivity index (χ1v) is 12.7. The van der Waals surface area contributed by atoms with E-state index in [2.05, 4.69) is 20.8 Å². The van der Waals surface area contributed by atoms with Crippen molar-refractivity contribution in [3.8, 4) is 11.5 Å². The van der Waals surface area contributed by atoms with Crippen molar-refractivity contribution in [1.29, 1.82) is 0 Å². The molecule has 0 radical (unpaired) electrons. The van der Waals surface area contributed by atoms with E-state index in [9.17, 15) is 14.0 Å². The van der Waals surface area contributed by atoms with Crippen molar-refractivity contribution in [2.24, 2.45) is 0 Å². The average Bonchev–Trinajstić information content (AvgIpc) is 3.52. The second kappa shape index (κ2) is 12.1. The summed E-state index contributed by atoms with van der Waals surface area (Å²) >= 11 is 0. The second-order valence-corrected chi connectivity index (χ2v) is 9.36. The number of carbonyl (C=O) groups is 2. The summed E-state index contributed by atoms with van der Waals surface area (Å²) in [7, 11) is 1.70. The number of likely N-dealkylation sites (N-methyl/N-ethyl adjacent to an activating group) is 2. The third-order valence-electron chi connectivity index (χ3n) is 6.52. The van der Waals surface area contributed by atoms with Crippen LogP contribution in [0.15, 0.2) is 40.9 Å². The number of anilines is 1. The van der Waals surface area contributed by atoms with E-state index in [1.165, 1.54) is 12.1 Å². The van der Waals surface area contributed by atoms with E-state index in [1.54, 1.807) is 29.9 Å². The molecule has 0 saturated carbocycles. The molecule has 1 aliphatic heterocycles. The smallest absolute Gasteiger partial charge is 0.257 e. The highest BCUT2D eigenvalue weighted by molar-refractivity contribution is 5.87. The van der Waals surface area contributed by atoms with Gasteiger partial charge in [0.1, 0.15) is 5.82 Å². The Balaban J connectivity index is 1.53. The summed E-state index contributed by atoms with van der Waals surface area (Å²) in [6.45, 7) is 8.52. The van der Waals surface area contributed by atoms with Gasteiger partial charge >= 0.3 is 0 Å². The fraction of sp³-hybridized carbons (Fsp3) is 0.407. The molecule has 2 aromatic carbocycles. The van der Waals surface area contributed by atoms with E-state index in [0.717, 1.165) is 23.2 Å². The fourth-order valence-electron chi connectivity index (χ4n) is 4.40. The summed E-state index contributed by atoms with van der Waals surface area (Å²) in [5.41, 5.74) is 4.15. The molecular formula is C27H34FN7O3. The Labute approximate surface area is 221 Å². The van der Waals surface area contributed by atoms with Crippen molar-refractivity contribution in [3.63, 3.8) is 0 Å². The Bertz CT molecular complexity index is 1300. The van der Waals surface area contributed by atoms with Gasteiger partial charge in [0.25, 0.3) is 11.8 Å². The van der Waals surface area contributed by atoms with Crippen LogP contribution in [0.25, 0.3) is 11.5 Å². The number of halogens is 1. The molecule has 0 saturated heterocycles. The number of hydrogen-bond acceptors (Lipinski definition) is 8. The molecule has 11 heteroatoms. The van der Waals surface area contributed by atoms with Crippen LogP contribution in [0.2, 0.25) is 0 Å². The SMILES string of the molecule is CCNCCNC(=O)CN(CC(=O)N(C)N1Cc2ccc(F)cc2C1)c1cc(-c2nc(C)no2)ccc1C. The maximum absolute atomic E-state index is 13.7. The van der Waals surface area contributed by atoms with Crippen LogP contribution in [0.5, 0.6) is 0 Å². The maximum atomic E-state index is 13.7. The Kier molecular flexibility index (Phi) is 8.70. The molecule has 0 fully saturated rings. The quantitative estimate of drug-likeness (QED) is 0.369. The molecule has 2 amide bonds.